The van der Waals surface area contributed by atoms with Gasteiger partial charge in [-0.05, 0) is 50.6 Å². The Morgan fingerprint density at radius 3 is 2.55 bits per heavy atom. The van der Waals surface area contributed by atoms with E-state index in [4.69, 9.17) is 11.6 Å². The van der Waals surface area contributed by atoms with Gasteiger partial charge >= 0.3 is 0 Å². The molecule has 0 aliphatic rings. The maximum absolute atomic E-state index is 14.4. The smallest absolute Gasteiger partial charge is 0.223 e. The van der Waals surface area contributed by atoms with Gasteiger partial charge in [-0.25, -0.2) is 18.7 Å². The summed E-state index contributed by atoms with van der Waals surface area (Å²) in [6, 6.07) is 4.95. The molecular weight excluding hydrogens is 308 g/mol. The molecule has 1 aromatic carbocycles. The van der Waals surface area contributed by atoms with Gasteiger partial charge in [0, 0.05) is 22.7 Å². The summed E-state index contributed by atoms with van der Waals surface area (Å²) >= 11 is 5.72. The van der Waals surface area contributed by atoms with Crippen LogP contribution >= 0.6 is 11.6 Å². The second-order valence-electron chi connectivity index (χ2n) is 5.48. The number of aryl methyl sites for hydroxylation is 1. The van der Waals surface area contributed by atoms with Crippen molar-refractivity contribution in [3.8, 4) is 11.3 Å². The average Bonchev–Trinajstić information content (AvgIpc) is 2.78. The standard InChI is InChI=1S/C16H14ClF2N3/c1-8(2)22-9(3)4-11-12(18)5-10(6-14(11)22)15-13(19)7-20-16(17)21-15/h4-8H,1-3H3. The average molecular weight is 322 g/mol. The molecule has 3 rings (SSSR count). The molecular formula is C16H14ClF2N3. The van der Waals surface area contributed by atoms with Crippen molar-refractivity contribution in [1.82, 2.24) is 14.5 Å². The summed E-state index contributed by atoms with van der Waals surface area (Å²) in [6.45, 7) is 5.94. The van der Waals surface area contributed by atoms with Crippen molar-refractivity contribution in [1.29, 1.82) is 0 Å². The van der Waals surface area contributed by atoms with Gasteiger partial charge in [0.05, 0.1) is 11.7 Å². The highest BCUT2D eigenvalue weighted by atomic mass is 35.5. The number of hydrogen-bond donors (Lipinski definition) is 0. The van der Waals surface area contributed by atoms with Gasteiger partial charge in [0.15, 0.2) is 5.82 Å². The molecule has 0 N–H and O–H groups in total. The number of nitrogens with zero attached hydrogens (tertiary/aromatic N) is 3. The van der Waals surface area contributed by atoms with Crippen molar-refractivity contribution in [3.63, 3.8) is 0 Å². The first-order valence-electron chi connectivity index (χ1n) is 6.88. The molecule has 22 heavy (non-hydrogen) atoms. The van der Waals surface area contributed by atoms with E-state index in [0.717, 1.165) is 11.9 Å². The lowest BCUT2D eigenvalue weighted by Gasteiger charge is -2.13. The molecule has 0 unspecified atom stereocenters. The van der Waals surface area contributed by atoms with Gasteiger partial charge < -0.3 is 4.57 Å². The van der Waals surface area contributed by atoms with Crippen LogP contribution in [0.5, 0.6) is 0 Å². The zero-order valence-electron chi connectivity index (χ0n) is 12.4. The first kappa shape index (κ1) is 14.9. The molecule has 0 aliphatic heterocycles. The Kier molecular flexibility index (Phi) is 3.60. The lowest BCUT2D eigenvalue weighted by Crippen LogP contribution is -2.02. The Labute approximate surface area is 131 Å². The fourth-order valence-corrected chi connectivity index (χ4v) is 2.92. The van der Waals surface area contributed by atoms with E-state index >= 15 is 0 Å². The number of rotatable bonds is 2. The van der Waals surface area contributed by atoms with Crippen molar-refractivity contribution in [2.45, 2.75) is 26.8 Å². The van der Waals surface area contributed by atoms with Gasteiger partial charge in [0.2, 0.25) is 5.28 Å². The van der Waals surface area contributed by atoms with Crippen LogP contribution in [-0.2, 0) is 0 Å². The molecule has 3 aromatic rings. The fraction of sp³-hybridized carbons (Fsp3) is 0.250. The normalized spacial score (nSPS) is 11.6. The molecule has 2 heterocycles. The Hall–Kier alpha value is -2.01. The van der Waals surface area contributed by atoms with E-state index in [2.05, 4.69) is 9.97 Å². The van der Waals surface area contributed by atoms with Gasteiger partial charge in [-0.2, -0.15) is 0 Å². The maximum atomic E-state index is 14.4. The van der Waals surface area contributed by atoms with E-state index in [9.17, 15) is 8.78 Å². The highest BCUT2D eigenvalue weighted by molar-refractivity contribution is 6.28. The first-order chi connectivity index (χ1) is 10.4. The van der Waals surface area contributed by atoms with Crippen LogP contribution in [0.3, 0.4) is 0 Å². The number of hydrogen-bond acceptors (Lipinski definition) is 2. The van der Waals surface area contributed by atoms with Crippen molar-refractivity contribution in [2.75, 3.05) is 0 Å². The van der Waals surface area contributed by atoms with E-state index < -0.39 is 11.6 Å². The molecule has 0 bridgehead atoms. The summed E-state index contributed by atoms with van der Waals surface area (Å²) < 4.78 is 30.4. The molecule has 0 saturated carbocycles. The number of halogens is 3. The van der Waals surface area contributed by atoms with Crippen LogP contribution in [0.25, 0.3) is 22.2 Å². The van der Waals surface area contributed by atoms with Crippen LogP contribution in [0, 0.1) is 18.6 Å². The molecule has 0 radical (unpaired) electrons. The van der Waals surface area contributed by atoms with Crippen LogP contribution in [0.1, 0.15) is 25.6 Å². The molecule has 0 saturated heterocycles. The van der Waals surface area contributed by atoms with E-state index in [0.29, 0.717) is 16.5 Å². The molecule has 6 heteroatoms. The van der Waals surface area contributed by atoms with E-state index in [-0.39, 0.29) is 17.0 Å². The third-order valence-corrected chi connectivity index (χ3v) is 3.79. The predicted octanol–water partition coefficient (Wildman–Crippen LogP) is 4.92. The fourth-order valence-electron chi connectivity index (χ4n) is 2.78. The van der Waals surface area contributed by atoms with Gasteiger partial charge in [-0.15, -0.1) is 0 Å². The lowest BCUT2D eigenvalue weighted by atomic mass is 10.1. The Morgan fingerprint density at radius 1 is 1.14 bits per heavy atom. The van der Waals surface area contributed by atoms with Gasteiger partial charge in [-0.3, -0.25) is 0 Å². The van der Waals surface area contributed by atoms with Crippen molar-refractivity contribution < 1.29 is 8.78 Å². The van der Waals surface area contributed by atoms with Crippen LogP contribution < -0.4 is 0 Å². The van der Waals surface area contributed by atoms with Gasteiger partial charge in [0.1, 0.15) is 11.5 Å². The summed E-state index contributed by atoms with van der Waals surface area (Å²) in [5, 5.41) is 0.433. The quantitative estimate of drug-likeness (QED) is 0.627. The maximum Gasteiger partial charge on any atom is 0.223 e. The van der Waals surface area contributed by atoms with Gasteiger partial charge in [0.25, 0.3) is 0 Å². The third kappa shape index (κ3) is 2.35. The van der Waals surface area contributed by atoms with Crippen LogP contribution in [0.4, 0.5) is 8.78 Å². The Bertz CT molecular complexity index is 871. The van der Waals surface area contributed by atoms with Crippen LogP contribution in [0.15, 0.2) is 24.4 Å². The topological polar surface area (TPSA) is 30.7 Å². The molecule has 3 nitrogen and oxygen atoms in total. The lowest BCUT2D eigenvalue weighted by molar-refractivity contribution is 0.606. The van der Waals surface area contributed by atoms with Crippen LogP contribution in [-0.4, -0.2) is 14.5 Å². The van der Waals surface area contributed by atoms with Crippen molar-refractivity contribution >= 4 is 22.5 Å². The Balaban J connectivity index is 2.32. The number of aromatic nitrogens is 3. The molecule has 114 valence electrons. The Morgan fingerprint density at radius 2 is 1.86 bits per heavy atom. The molecule has 0 atom stereocenters. The zero-order chi connectivity index (χ0) is 16.0. The van der Waals surface area contributed by atoms with E-state index in [1.54, 1.807) is 12.1 Å². The third-order valence-electron chi connectivity index (χ3n) is 3.60. The number of fused-ring (bicyclic) bond motifs is 1. The van der Waals surface area contributed by atoms with Crippen LogP contribution in [0.2, 0.25) is 5.28 Å². The minimum atomic E-state index is -0.637. The summed E-state index contributed by atoms with van der Waals surface area (Å²) in [6.07, 6.45) is 0.986. The summed E-state index contributed by atoms with van der Waals surface area (Å²) in [7, 11) is 0. The minimum Gasteiger partial charge on any atom is -0.342 e. The number of benzene rings is 1. The van der Waals surface area contributed by atoms with Crippen molar-refractivity contribution in [3.05, 3.63) is 47.0 Å². The van der Waals surface area contributed by atoms with E-state index in [1.807, 2.05) is 25.3 Å². The first-order valence-corrected chi connectivity index (χ1v) is 7.25. The molecule has 0 aliphatic carbocycles. The summed E-state index contributed by atoms with van der Waals surface area (Å²) in [4.78, 5) is 7.46. The molecule has 2 aromatic heterocycles. The molecule has 0 fully saturated rings. The largest absolute Gasteiger partial charge is 0.342 e. The highest BCUT2D eigenvalue weighted by Crippen LogP contribution is 2.31. The second-order valence-corrected chi connectivity index (χ2v) is 5.81. The molecule has 0 spiro atoms. The van der Waals surface area contributed by atoms with Gasteiger partial charge in [-0.1, -0.05) is 0 Å². The summed E-state index contributed by atoms with van der Waals surface area (Å²) in [5.74, 6) is -1.05. The second kappa shape index (κ2) is 5.32. The zero-order valence-corrected chi connectivity index (χ0v) is 13.1. The predicted molar refractivity (Wildman–Crippen MR) is 83.0 cm³/mol. The monoisotopic (exact) mass is 321 g/mol. The highest BCUT2D eigenvalue weighted by Gasteiger charge is 2.16. The van der Waals surface area contributed by atoms with E-state index in [1.165, 1.54) is 6.07 Å². The minimum absolute atomic E-state index is 0.00467. The summed E-state index contributed by atoms with van der Waals surface area (Å²) in [5.41, 5.74) is 1.99. The molecule has 0 amide bonds. The van der Waals surface area contributed by atoms with Crippen molar-refractivity contribution in [2.24, 2.45) is 0 Å². The SMILES string of the molecule is Cc1cc2c(F)cc(-c3nc(Cl)ncc3F)cc2n1C(C)C.